The number of nitrogens with one attached hydrogen (secondary N) is 1. The summed E-state index contributed by atoms with van der Waals surface area (Å²) in [4.78, 5) is 18.4. The van der Waals surface area contributed by atoms with E-state index < -0.39 is 17.3 Å². The third kappa shape index (κ3) is 4.91. The Bertz CT molecular complexity index is 1110. The summed E-state index contributed by atoms with van der Waals surface area (Å²) in [5.74, 6) is -1.35. The molecule has 2 aromatic heterocycles. The maximum absolute atomic E-state index is 14.6. The molecule has 0 fully saturated rings. The molecule has 5 nitrogen and oxygen atoms in total. The number of aromatic amines is 1. The Balaban J connectivity index is 0.000000540. The standard InChI is InChI=1S/C15H9F2N3O2.C3H8.2C2H6/c1-7-2-3-10(8(16)4-7)20-14-9(19-15(20)21)5-11-13(12(14)17)18-6-22-11;1-3-2;2*1-2/h2-6H,1H3,(H,19,21);3H2,1-2H3;2*1-2H3. The van der Waals surface area contributed by atoms with Gasteiger partial charge in [0.2, 0.25) is 0 Å². The van der Waals surface area contributed by atoms with Gasteiger partial charge in [-0.2, -0.15) is 0 Å². The number of H-pyrrole nitrogens is 1. The molecule has 0 atom stereocenters. The lowest BCUT2D eigenvalue weighted by molar-refractivity contribution is 0.601. The van der Waals surface area contributed by atoms with E-state index in [0.29, 0.717) is 5.56 Å². The van der Waals surface area contributed by atoms with Crippen molar-refractivity contribution in [2.45, 2.75) is 54.9 Å². The van der Waals surface area contributed by atoms with Gasteiger partial charge in [-0.25, -0.2) is 18.6 Å². The second kappa shape index (κ2) is 11.1. The number of imidazole rings is 1. The summed E-state index contributed by atoms with van der Waals surface area (Å²) in [7, 11) is 0. The van der Waals surface area contributed by atoms with E-state index >= 15 is 0 Å². The van der Waals surface area contributed by atoms with Gasteiger partial charge < -0.3 is 9.40 Å². The van der Waals surface area contributed by atoms with Gasteiger partial charge in [-0.1, -0.05) is 54.0 Å². The molecule has 2 aromatic carbocycles. The van der Waals surface area contributed by atoms with Gasteiger partial charge in [-0.3, -0.25) is 4.57 Å². The molecule has 4 aromatic rings. The number of benzene rings is 2. The van der Waals surface area contributed by atoms with Crippen molar-refractivity contribution in [3.05, 3.63) is 58.3 Å². The molecule has 1 N–H and O–H groups in total. The summed E-state index contributed by atoms with van der Waals surface area (Å²) >= 11 is 0. The summed E-state index contributed by atoms with van der Waals surface area (Å²) in [5, 5.41) is 0. The minimum atomic E-state index is -0.737. The molecule has 0 aliphatic heterocycles. The number of hydrogen-bond donors (Lipinski definition) is 1. The highest BCUT2D eigenvalue weighted by Crippen LogP contribution is 2.27. The second-order valence-corrected chi connectivity index (χ2v) is 5.71. The molecule has 0 unspecified atom stereocenters. The first-order valence-corrected chi connectivity index (χ1v) is 9.90. The molecule has 0 aliphatic rings. The lowest BCUT2D eigenvalue weighted by Gasteiger charge is -2.06. The van der Waals surface area contributed by atoms with Crippen LogP contribution in [0.4, 0.5) is 8.78 Å². The Morgan fingerprint density at radius 1 is 1.10 bits per heavy atom. The average Bonchev–Trinajstić information content (AvgIpc) is 3.30. The van der Waals surface area contributed by atoms with Gasteiger partial charge in [0, 0.05) is 6.07 Å². The van der Waals surface area contributed by atoms with Crippen LogP contribution in [0.25, 0.3) is 27.8 Å². The minimum absolute atomic E-state index is 0.00669. The highest BCUT2D eigenvalue weighted by molar-refractivity contribution is 5.92. The molecule has 0 aliphatic carbocycles. The van der Waals surface area contributed by atoms with Gasteiger partial charge in [-0.05, 0) is 24.6 Å². The lowest BCUT2D eigenvalue weighted by atomic mass is 10.2. The molecule has 0 saturated carbocycles. The quantitative estimate of drug-likeness (QED) is 0.392. The van der Waals surface area contributed by atoms with Crippen molar-refractivity contribution in [1.29, 1.82) is 0 Å². The topological polar surface area (TPSA) is 63.8 Å². The fraction of sp³-hybridized carbons (Fsp3) is 0.364. The highest BCUT2D eigenvalue weighted by Gasteiger charge is 2.20. The van der Waals surface area contributed by atoms with E-state index in [-0.39, 0.29) is 27.8 Å². The third-order valence-electron chi connectivity index (χ3n) is 3.55. The van der Waals surface area contributed by atoms with Crippen molar-refractivity contribution < 1.29 is 13.2 Å². The van der Waals surface area contributed by atoms with Crippen LogP contribution in [0, 0.1) is 18.6 Å². The monoisotopic (exact) mass is 405 g/mol. The lowest BCUT2D eigenvalue weighted by Crippen LogP contribution is -2.16. The molecule has 4 rings (SSSR count). The van der Waals surface area contributed by atoms with Crippen LogP contribution in [0.5, 0.6) is 0 Å². The largest absolute Gasteiger partial charge is 0.443 e. The van der Waals surface area contributed by atoms with Crippen molar-refractivity contribution in [3.8, 4) is 5.69 Å². The van der Waals surface area contributed by atoms with E-state index in [4.69, 9.17) is 4.42 Å². The van der Waals surface area contributed by atoms with Crippen LogP contribution in [0.3, 0.4) is 0 Å². The summed E-state index contributed by atoms with van der Waals surface area (Å²) < 4.78 is 34.8. The van der Waals surface area contributed by atoms with Crippen LogP contribution in [0.1, 0.15) is 53.5 Å². The van der Waals surface area contributed by atoms with Gasteiger partial charge >= 0.3 is 5.69 Å². The van der Waals surface area contributed by atoms with E-state index in [1.165, 1.54) is 24.6 Å². The minimum Gasteiger partial charge on any atom is -0.443 e. The van der Waals surface area contributed by atoms with Crippen LogP contribution in [-0.2, 0) is 0 Å². The Hall–Kier alpha value is -2.96. The molecule has 158 valence electrons. The highest BCUT2D eigenvalue weighted by atomic mass is 19.1. The first kappa shape index (κ1) is 24.1. The van der Waals surface area contributed by atoms with Gasteiger partial charge in [0.15, 0.2) is 17.8 Å². The molecular weight excluding hydrogens is 376 g/mol. The SMILES string of the molecule is CC.CC.CCC.Cc1ccc(-n2c(=O)[nH]c3cc4ocnc4c(F)c32)c(F)c1. The van der Waals surface area contributed by atoms with Gasteiger partial charge in [0.05, 0.1) is 11.2 Å². The Kier molecular flexibility index (Phi) is 9.25. The smallest absolute Gasteiger partial charge is 0.331 e. The molecular formula is C22H29F2N3O2. The zero-order valence-electron chi connectivity index (χ0n) is 18.1. The summed E-state index contributed by atoms with van der Waals surface area (Å²) in [5.41, 5.74) is 0.401. The number of aryl methyl sites for hydroxylation is 1. The van der Waals surface area contributed by atoms with E-state index in [0.717, 1.165) is 11.0 Å². The summed E-state index contributed by atoms with van der Waals surface area (Å²) in [6, 6.07) is 5.83. The summed E-state index contributed by atoms with van der Waals surface area (Å²) in [6.07, 6.45) is 2.36. The van der Waals surface area contributed by atoms with Crippen molar-refractivity contribution in [3.63, 3.8) is 0 Å². The van der Waals surface area contributed by atoms with Crippen LogP contribution in [-0.4, -0.2) is 14.5 Å². The maximum atomic E-state index is 14.6. The molecule has 0 saturated heterocycles. The molecule has 7 heteroatoms. The Labute approximate surface area is 169 Å². The summed E-state index contributed by atoms with van der Waals surface area (Å²) in [6.45, 7) is 14.0. The molecule has 0 spiro atoms. The van der Waals surface area contributed by atoms with Crippen molar-refractivity contribution in [1.82, 2.24) is 14.5 Å². The average molecular weight is 405 g/mol. The fourth-order valence-corrected chi connectivity index (χ4v) is 2.56. The number of oxazole rings is 1. The predicted molar refractivity (Wildman–Crippen MR) is 115 cm³/mol. The number of rotatable bonds is 1. The van der Waals surface area contributed by atoms with Crippen LogP contribution >= 0.6 is 0 Å². The number of aromatic nitrogens is 3. The Morgan fingerprint density at radius 2 is 1.72 bits per heavy atom. The predicted octanol–water partition coefficient (Wildman–Crippen LogP) is 6.52. The van der Waals surface area contributed by atoms with E-state index in [9.17, 15) is 13.6 Å². The maximum Gasteiger partial charge on any atom is 0.331 e. The normalized spacial score (nSPS) is 9.83. The fourth-order valence-electron chi connectivity index (χ4n) is 2.56. The van der Waals surface area contributed by atoms with Crippen LogP contribution < -0.4 is 5.69 Å². The van der Waals surface area contributed by atoms with Gasteiger partial charge in [0.25, 0.3) is 0 Å². The van der Waals surface area contributed by atoms with Crippen molar-refractivity contribution >= 4 is 22.1 Å². The first-order valence-electron chi connectivity index (χ1n) is 9.90. The van der Waals surface area contributed by atoms with Gasteiger partial charge in [0.1, 0.15) is 16.9 Å². The number of halogens is 2. The first-order chi connectivity index (χ1) is 14.0. The zero-order valence-corrected chi connectivity index (χ0v) is 18.1. The number of hydrogen-bond acceptors (Lipinski definition) is 3. The van der Waals surface area contributed by atoms with Crippen LogP contribution in [0.15, 0.2) is 39.9 Å². The second-order valence-electron chi connectivity index (χ2n) is 5.71. The zero-order chi connectivity index (χ0) is 22.1. The van der Waals surface area contributed by atoms with E-state index in [2.05, 4.69) is 23.8 Å². The number of nitrogens with zero attached hydrogens (tertiary/aromatic N) is 2. The molecule has 0 bridgehead atoms. The molecule has 29 heavy (non-hydrogen) atoms. The molecule has 0 amide bonds. The van der Waals surface area contributed by atoms with Crippen molar-refractivity contribution in [2.24, 2.45) is 0 Å². The Morgan fingerprint density at radius 3 is 2.31 bits per heavy atom. The van der Waals surface area contributed by atoms with Gasteiger partial charge in [-0.15, -0.1) is 0 Å². The molecule has 0 radical (unpaired) electrons. The van der Waals surface area contributed by atoms with E-state index in [1.807, 2.05) is 27.7 Å². The molecule has 2 heterocycles. The number of fused-ring (bicyclic) bond motifs is 2. The van der Waals surface area contributed by atoms with Crippen LogP contribution in [0.2, 0.25) is 0 Å². The third-order valence-corrected chi connectivity index (χ3v) is 3.55. The van der Waals surface area contributed by atoms with E-state index in [1.54, 1.807) is 13.0 Å². The van der Waals surface area contributed by atoms with Crippen molar-refractivity contribution in [2.75, 3.05) is 0 Å².